The number of hydrogen-bond acceptors (Lipinski definition) is 3. The van der Waals surface area contributed by atoms with E-state index >= 15 is 0 Å². The summed E-state index contributed by atoms with van der Waals surface area (Å²) in [6, 6.07) is 19.4. The lowest BCUT2D eigenvalue weighted by Crippen LogP contribution is -2.11. The largest absolute Gasteiger partial charge is 0.383 e. The maximum atomic E-state index is 11.0. The molecule has 1 unspecified atom stereocenters. The minimum atomic E-state index is -0.212. The second-order valence-electron chi connectivity index (χ2n) is 4.74. The average Bonchev–Trinajstić information content (AvgIpc) is 2.49. The summed E-state index contributed by atoms with van der Waals surface area (Å²) in [4.78, 5) is 11.0. The van der Waals surface area contributed by atoms with Gasteiger partial charge >= 0.3 is 0 Å². The number of anilines is 2. The van der Waals surface area contributed by atoms with E-state index in [0.717, 1.165) is 16.9 Å². The van der Waals surface area contributed by atoms with Crippen LogP contribution in [0.5, 0.6) is 0 Å². The number of amides is 1. The summed E-state index contributed by atoms with van der Waals surface area (Å²) in [7, 11) is 0. The van der Waals surface area contributed by atoms with Gasteiger partial charge in [0.2, 0.25) is 5.91 Å². The van der Waals surface area contributed by atoms with E-state index in [9.17, 15) is 10.1 Å². The summed E-state index contributed by atoms with van der Waals surface area (Å²) >= 11 is 0. The third-order valence-electron chi connectivity index (χ3n) is 3.05. The van der Waals surface area contributed by atoms with Crippen molar-refractivity contribution in [3.63, 3.8) is 0 Å². The van der Waals surface area contributed by atoms with Crippen LogP contribution in [0, 0.1) is 11.3 Å². The highest BCUT2D eigenvalue weighted by atomic mass is 16.1. The molecule has 0 saturated heterocycles. The number of carbonyl (C=O) groups excluding carboxylic acids is 1. The Labute approximate surface area is 124 Å². The zero-order chi connectivity index (χ0) is 15.1. The molecule has 0 aliphatic rings. The summed E-state index contributed by atoms with van der Waals surface area (Å²) in [5, 5.41) is 15.3. The predicted molar refractivity (Wildman–Crippen MR) is 84.0 cm³/mol. The van der Waals surface area contributed by atoms with Crippen molar-refractivity contribution >= 4 is 17.3 Å². The van der Waals surface area contributed by atoms with Gasteiger partial charge in [0.15, 0.2) is 0 Å². The average molecular weight is 279 g/mol. The topological polar surface area (TPSA) is 64.9 Å². The number of nitriles is 1. The predicted octanol–water partition coefficient (Wildman–Crippen LogP) is 3.36. The number of nitrogens with one attached hydrogen (secondary N) is 2. The zero-order valence-electron chi connectivity index (χ0n) is 11.8. The molecule has 2 rings (SSSR count). The molecule has 0 aromatic heterocycles. The summed E-state index contributed by atoms with van der Waals surface area (Å²) in [5.74, 6) is -0.318. The van der Waals surface area contributed by atoms with Gasteiger partial charge in [-0.15, -0.1) is 0 Å². The molecule has 1 amide bonds. The molecule has 2 aromatic carbocycles. The van der Waals surface area contributed by atoms with Crippen LogP contribution in [0.2, 0.25) is 0 Å². The van der Waals surface area contributed by atoms with E-state index < -0.39 is 0 Å². The molecule has 0 radical (unpaired) electrons. The number of nitrogens with zero attached hydrogens (tertiary/aromatic N) is 1. The van der Waals surface area contributed by atoms with E-state index in [4.69, 9.17) is 0 Å². The molecular formula is C17H17N3O. The monoisotopic (exact) mass is 279 g/mol. The van der Waals surface area contributed by atoms with E-state index in [1.165, 1.54) is 6.92 Å². The van der Waals surface area contributed by atoms with Gasteiger partial charge in [-0.2, -0.15) is 5.26 Å². The maximum absolute atomic E-state index is 11.0. The Morgan fingerprint density at radius 1 is 1.14 bits per heavy atom. The van der Waals surface area contributed by atoms with Crippen molar-refractivity contribution in [1.82, 2.24) is 0 Å². The van der Waals surface area contributed by atoms with Crippen LogP contribution in [-0.4, -0.2) is 12.5 Å². The van der Waals surface area contributed by atoms with Crippen molar-refractivity contribution < 1.29 is 4.79 Å². The molecule has 2 N–H and O–H groups in total. The Kier molecular flexibility index (Phi) is 4.94. The molecule has 21 heavy (non-hydrogen) atoms. The minimum absolute atomic E-state index is 0.105. The normalized spacial score (nSPS) is 11.2. The van der Waals surface area contributed by atoms with Crippen LogP contribution in [0.3, 0.4) is 0 Å². The van der Waals surface area contributed by atoms with Crippen molar-refractivity contribution in [1.29, 1.82) is 5.26 Å². The molecule has 0 fully saturated rings. The van der Waals surface area contributed by atoms with Gasteiger partial charge in [0, 0.05) is 24.8 Å². The van der Waals surface area contributed by atoms with Crippen molar-refractivity contribution in [3.05, 3.63) is 60.2 Å². The Balaban J connectivity index is 2.02. The van der Waals surface area contributed by atoms with Gasteiger partial charge < -0.3 is 10.6 Å². The molecule has 0 aliphatic heterocycles. The first kappa shape index (κ1) is 14.6. The van der Waals surface area contributed by atoms with Gasteiger partial charge in [0.25, 0.3) is 0 Å². The Morgan fingerprint density at radius 3 is 2.52 bits per heavy atom. The lowest BCUT2D eigenvalue weighted by molar-refractivity contribution is -0.114. The molecule has 0 bridgehead atoms. The van der Waals surface area contributed by atoms with E-state index in [-0.39, 0.29) is 11.8 Å². The maximum Gasteiger partial charge on any atom is 0.221 e. The first-order chi connectivity index (χ1) is 10.2. The quantitative estimate of drug-likeness (QED) is 0.882. The minimum Gasteiger partial charge on any atom is -0.383 e. The first-order valence-corrected chi connectivity index (χ1v) is 6.75. The Bertz CT molecular complexity index is 647. The van der Waals surface area contributed by atoms with Gasteiger partial charge in [-0.3, -0.25) is 4.79 Å². The highest BCUT2D eigenvalue weighted by molar-refractivity contribution is 5.89. The molecule has 0 heterocycles. The number of benzene rings is 2. The first-order valence-electron chi connectivity index (χ1n) is 6.75. The molecular weight excluding hydrogens is 262 g/mol. The fraction of sp³-hybridized carbons (Fsp3) is 0.176. The van der Waals surface area contributed by atoms with Gasteiger partial charge in [-0.25, -0.2) is 0 Å². The van der Waals surface area contributed by atoms with Crippen LogP contribution < -0.4 is 10.6 Å². The summed E-state index contributed by atoms with van der Waals surface area (Å²) in [6.45, 7) is 1.99. The number of hydrogen-bond donors (Lipinski definition) is 2. The zero-order valence-corrected chi connectivity index (χ0v) is 11.8. The second-order valence-corrected chi connectivity index (χ2v) is 4.74. The van der Waals surface area contributed by atoms with Crippen molar-refractivity contribution in [2.75, 3.05) is 17.2 Å². The molecule has 0 aliphatic carbocycles. The summed E-state index contributed by atoms with van der Waals surface area (Å²) in [6.07, 6.45) is 0. The van der Waals surface area contributed by atoms with E-state index in [2.05, 4.69) is 16.7 Å². The summed E-state index contributed by atoms with van der Waals surface area (Å²) < 4.78 is 0. The Morgan fingerprint density at radius 2 is 1.86 bits per heavy atom. The highest BCUT2D eigenvalue weighted by Crippen LogP contribution is 2.18. The molecule has 106 valence electrons. The number of carbonyl (C=O) groups is 1. The van der Waals surface area contributed by atoms with Crippen LogP contribution in [0.25, 0.3) is 0 Å². The van der Waals surface area contributed by atoms with Crippen LogP contribution in [-0.2, 0) is 4.79 Å². The SMILES string of the molecule is CC(=O)Nc1cccc(NCC(C#N)c2ccccc2)c1. The molecule has 0 spiro atoms. The van der Waals surface area contributed by atoms with E-state index in [1.54, 1.807) is 0 Å². The van der Waals surface area contributed by atoms with E-state index in [0.29, 0.717) is 6.54 Å². The van der Waals surface area contributed by atoms with Crippen molar-refractivity contribution in [2.24, 2.45) is 0 Å². The van der Waals surface area contributed by atoms with Crippen molar-refractivity contribution in [2.45, 2.75) is 12.8 Å². The third kappa shape index (κ3) is 4.36. The van der Waals surface area contributed by atoms with Crippen LogP contribution >= 0.6 is 0 Å². The fourth-order valence-corrected chi connectivity index (χ4v) is 2.05. The second kappa shape index (κ2) is 7.11. The fourth-order valence-electron chi connectivity index (χ4n) is 2.05. The smallest absolute Gasteiger partial charge is 0.221 e. The van der Waals surface area contributed by atoms with Crippen molar-refractivity contribution in [3.8, 4) is 6.07 Å². The lowest BCUT2D eigenvalue weighted by Gasteiger charge is -2.13. The van der Waals surface area contributed by atoms with Gasteiger partial charge in [0.1, 0.15) is 0 Å². The van der Waals surface area contributed by atoms with Crippen LogP contribution in [0.1, 0.15) is 18.4 Å². The van der Waals surface area contributed by atoms with Crippen LogP contribution in [0.4, 0.5) is 11.4 Å². The molecule has 4 nitrogen and oxygen atoms in total. The highest BCUT2D eigenvalue weighted by Gasteiger charge is 2.09. The summed E-state index contributed by atoms with van der Waals surface area (Å²) in [5.41, 5.74) is 2.60. The number of rotatable bonds is 5. The van der Waals surface area contributed by atoms with Gasteiger partial charge in [-0.05, 0) is 23.8 Å². The van der Waals surface area contributed by atoms with Gasteiger partial charge in [0.05, 0.1) is 12.0 Å². The van der Waals surface area contributed by atoms with Crippen LogP contribution in [0.15, 0.2) is 54.6 Å². The molecule has 4 heteroatoms. The molecule has 1 atom stereocenters. The Hall–Kier alpha value is -2.80. The van der Waals surface area contributed by atoms with E-state index in [1.807, 2.05) is 54.6 Å². The molecule has 0 saturated carbocycles. The molecule has 2 aromatic rings. The third-order valence-corrected chi connectivity index (χ3v) is 3.05. The standard InChI is InChI=1S/C17H17N3O/c1-13(21)20-17-9-5-8-16(10-17)19-12-15(11-18)14-6-3-2-4-7-14/h2-10,15,19H,12H2,1H3,(H,20,21). The lowest BCUT2D eigenvalue weighted by atomic mass is 10.0. The van der Waals surface area contributed by atoms with Gasteiger partial charge in [-0.1, -0.05) is 36.4 Å².